The highest BCUT2D eigenvalue weighted by Crippen LogP contribution is 2.33. The second-order valence-corrected chi connectivity index (χ2v) is 11.4. The minimum atomic E-state index is -0.748. The summed E-state index contributed by atoms with van der Waals surface area (Å²) in [5, 5.41) is 5.99. The summed E-state index contributed by atoms with van der Waals surface area (Å²) in [5.74, 6) is 0.0310. The number of methoxy groups -OCH3 is 2. The molecule has 0 radical (unpaired) electrons. The predicted octanol–water partition coefficient (Wildman–Crippen LogP) is 2.81. The number of nitrogens with zero attached hydrogens (tertiary/aromatic N) is 3. The number of nitrogens with one attached hydrogen (secondary N) is 2. The van der Waals surface area contributed by atoms with Crippen molar-refractivity contribution in [3.05, 3.63) is 96.7 Å². The van der Waals surface area contributed by atoms with Crippen LogP contribution in [0, 0.1) is 3.57 Å². The van der Waals surface area contributed by atoms with Gasteiger partial charge >= 0.3 is 5.69 Å². The molecule has 1 saturated heterocycles. The number of halogens is 1. The lowest BCUT2D eigenvalue weighted by atomic mass is 10.2. The molecule has 224 valence electrons. The molecule has 1 aliphatic rings. The number of likely N-dealkylation sites (tertiary alicyclic amines) is 1. The van der Waals surface area contributed by atoms with E-state index in [0.29, 0.717) is 29.2 Å². The third-order valence-electron chi connectivity index (χ3n) is 7.37. The molecule has 43 heavy (non-hydrogen) atoms. The second kappa shape index (κ2) is 13.4. The van der Waals surface area contributed by atoms with Crippen LogP contribution in [0.3, 0.4) is 0 Å². The first kappa shape index (κ1) is 30.3. The Morgan fingerprint density at radius 3 is 2.35 bits per heavy atom. The van der Waals surface area contributed by atoms with Gasteiger partial charge in [0.05, 0.1) is 34.4 Å². The van der Waals surface area contributed by atoms with Gasteiger partial charge in [-0.05, 0) is 52.8 Å². The van der Waals surface area contributed by atoms with Gasteiger partial charge < -0.3 is 20.1 Å². The van der Waals surface area contributed by atoms with Crippen LogP contribution in [0.1, 0.15) is 12.0 Å². The van der Waals surface area contributed by atoms with Gasteiger partial charge in [-0.25, -0.2) is 4.79 Å². The minimum absolute atomic E-state index is 0.0948. The van der Waals surface area contributed by atoms with E-state index in [4.69, 9.17) is 9.47 Å². The van der Waals surface area contributed by atoms with Crippen LogP contribution in [-0.2, 0) is 29.2 Å². The number of carbonyl (C=O) groups is 2. The monoisotopic (exact) mass is 697 g/mol. The average Bonchev–Trinajstić information content (AvgIpc) is 3.44. The Balaban J connectivity index is 1.33. The topological polar surface area (TPSA) is 124 Å². The highest BCUT2D eigenvalue weighted by Gasteiger charge is 2.25. The summed E-state index contributed by atoms with van der Waals surface area (Å²) in [5.41, 5.74) is 0.564. The fraction of sp³-hybridized carbons (Fsp3) is 0.290. The van der Waals surface area contributed by atoms with Crippen LogP contribution in [-0.4, -0.2) is 59.2 Å². The second-order valence-electron chi connectivity index (χ2n) is 10.3. The number of para-hydroxylation sites is 1. The Morgan fingerprint density at radius 2 is 1.60 bits per heavy atom. The molecule has 1 unspecified atom stereocenters. The number of carbonyl (C=O) groups excluding carboxylic acids is 2. The highest BCUT2D eigenvalue weighted by molar-refractivity contribution is 14.1. The maximum absolute atomic E-state index is 13.6. The van der Waals surface area contributed by atoms with Crippen LogP contribution in [0.15, 0.2) is 76.3 Å². The van der Waals surface area contributed by atoms with Crippen molar-refractivity contribution < 1.29 is 19.1 Å². The molecular formula is C31H32IN5O6. The van der Waals surface area contributed by atoms with Crippen LogP contribution < -0.4 is 31.4 Å². The number of rotatable bonds is 10. The molecule has 0 saturated carbocycles. The number of hydrogen-bond donors (Lipinski definition) is 2. The van der Waals surface area contributed by atoms with E-state index in [-0.39, 0.29) is 18.0 Å². The Hall–Kier alpha value is -4.17. The number of aromatic nitrogens is 2. The summed E-state index contributed by atoms with van der Waals surface area (Å²) in [6.07, 6.45) is 0.767. The van der Waals surface area contributed by atoms with E-state index >= 15 is 0 Å². The summed E-state index contributed by atoms with van der Waals surface area (Å²) < 4.78 is 13.6. The molecule has 5 rings (SSSR count). The molecule has 1 aromatic heterocycles. The molecule has 2 heterocycles. The number of hydrogen-bond acceptors (Lipinski definition) is 7. The lowest BCUT2D eigenvalue weighted by Gasteiger charge is -2.18. The minimum Gasteiger partial charge on any atom is -0.496 e. The lowest BCUT2D eigenvalue weighted by molar-refractivity contribution is -0.122. The van der Waals surface area contributed by atoms with Crippen LogP contribution in [0.25, 0.3) is 10.9 Å². The first-order valence-corrected chi connectivity index (χ1v) is 14.8. The van der Waals surface area contributed by atoms with Gasteiger partial charge in [-0.2, -0.15) is 0 Å². The molecule has 1 fully saturated rings. The predicted molar refractivity (Wildman–Crippen MR) is 172 cm³/mol. The third-order valence-corrected chi connectivity index (χ3v) is 8.21. The third kappa shape index (κ3) is 6.91. The van der Waals surface area contributed by atoms with Crippen LogP contribution in [0.4, 0.5) is 5.69 Å². The van der Waals surface area contributed by atoms with Gasteiger partial charge in [0.15, 0.2) is 0 Å². The first-order valence-electron chi connectivity index (χ1n) is 13.8. The Morgan fingerprint density at radius 1 is 0.907 bits per heavy atom. The van der Waals surface area contributed by atoms with Gasteiger partial charge in [-0.3, -0.25) is 28.4 Å². The van der Waals surface area contributed by atoms with Crippen LogP contribution >= 0.6 is 22.6 Å². The summed E-state index contributed by atoms with van der Waals surface area (Å²) in [4.78, 5) is 55.4. The molecule has 0 bridgehead atoms. The SMILES string of the molecule is COc1cc(OC)c(NC(=O)Cn2c(=O)n(CC(=O)NC3CCN(Cc4ccccc4)C3)c(=O)c3ccccc32)cc1I. The summed E-state index contributed by atoms with van der Waals surface area (Å²) in [7, 11) is 3.01. The van der Waals surface area contributed by atoms with Gasteiger partial charge in [-0.15, -0.1) is 0 Å². The standard InChI is InChI=1S/C31H32IN5O6/c1-42-26-15-27(43-2)24(14-23(26)32)34-29(39)18-36-25-11-7-6-10-22(25)30(40)37(31(36)41)19-28(38)33-21-12-13-35(17-21)16-20-8-4-3-5-9-20/h3-11,14-15,21H,12-13,16-19H2,1-2H3,(H,33,38)(H,34,39). The lowest BCUT2D eigenvalue weighted by Crippen LogP contribution is -2.46. The molecule has 1 aliphatic heterocycles. The zero-order valence-electron chi connectivity index (χ0n) is 23.8. The fourth-order valence-corrected chi connectivity index (χ4v) is 5.99. The van der Waals surface area contributed by atoms with Crippen molar-refractivity contribution in [2.24, 2.45) is 0 Å². The van der Waals surface area contributed by atoms with Crippen LogP contribution in [0.2, 0.25) is 0 Å². The average molecular weight is 698 g/mol. The quantitative estimate of drug-likeness (QED) is 0.245. The summed E-state index contributed by atoms with van der Waals surface area (Å²) in [6, 6.07) is 19.9. The largest absolute Gasteiger partial charge is 0.496 e. The molecule has 0 aliphatic carbocycles. The number of anilines is 1. The van der Waals surface area contributed by atoms with Crippen LogP contribution in [0.5, 0.6) is 11.5 Å². The first-order chi connectivity index (χ1) is 20.8. The van der Waals surface area contributed by atoms with Crippen molar-refractivity contribution in [3.8, 4) is 11.5 Å². The van der Waals surface area contributed by atoms with Crippen molar-refractivity contribution in [2.75, 3.05) is 32.6 Å². The maximum Gasteiger partial charge on any atom is 0.332 e. The van der Waals surface area contributed by atoms with Gasteiger partial charge in [-0.1, -0.05) is 42.5 Å². The summed E-state index contributed by atoms with van der Waals surface area (Å²) >= 11 is 2.08. The number of fused-ring (bicyclic) bond motifs is 1. The van der Waals surface area contributed by atoms with Gasteiger partial charge in [0.1, 0.15) is 24.6 Å². The van der Waals surface area contributed by atoms with E-state index in [1.54, 1.807) is 36.4 Å². The molecule has 1 atom stereocenters. The van der Waals surface area contributed by atoms with Gasteiger partial charge in [0.25, 0.3) is 5.56 Å². The van der Waals surface area contributed by atoms with E-state index in [1.165, 1.54) is 24.4 Å². The van der Waals surface area contributed by atoms with E-state index in [1.807, 2.05) is 18.2 Å². The molecule has 3 aromatic carbocycles. The van der Waals surface area contributed by atoms with Crippen molar-refractivity contribution in [2.45, 2.75) is 32.1 Å². The number of benzene rings is 3. The van der Waals surface area contributed by atoms with Crippen molar-refractivity contribution in [1.82, 2.24) is 19.4 Å². The van der Waals surface area contributed by atoms with E-state index in [9.17, 15) is 19.2 Å². The Labute approximate surface area is 261 Å². The van der Waals surface area contributed by atoms with E-state index < -0.39 is 29.6 Å². The van der Waals surface area contributed by atoms with Crippen molar-refractivity contribution >= 4 is 51.0 Å². The molecule has 12 heteroatoms. The molecule has 11 nitrogen and oxygen atoms in total. The van der Waals surface area contributed by atoms with Crippen molar-refractivity contribution in [3.63, 3.8) is 0 Å². The molecule has 2 amide bonds. The highest BCUT2D eigenvalue weighted by atomic mass is 127. The zero-order valence-corrected chi connectivity index (χ0v) is 26.0. The smallest absolute Gasteiger partial charge is 0.332 e. The van der Waals surface area contributed by atoms with E-state index in [2.05, 4.69) is 50.3 Å². The molecule has 2 N–H and O–H groups in total. The Bertz CT molecular complexity index is 1770. The van der Waals surface area contributed by atoms with Crippen molar-refractivity contribution in [1.29, 1.82) is 0 Å². The fourth-order valence-electron chi connectivity index (χ4n) is 5.31. The summed E-state index contributed by atoms with van der Waals surface area (Å²) in [6.45, 7) is 1.45. The molecule has 0 spiro atoms. The Kier molecular flexibility index (Phi) is 9.46. The zero-order chi connectivity index (χ0) is 30.5. The van der Waals surface area contributed by atoms with E-state index in [0.717, 1.165) is 27.6 Å². The molecule has 4 aromatic rings. The van der Waals surface area contributed by atoms with Gasteiger partial charge in [0.2, 0.25) is 11.8 Å². The normalized spacial score (nSPS) is 14.9. The maximum atomic E-state index is 13.6. The van der Waals surface area contributed by atoms with Gasteiger partial charge in [0, 0.05) is 31.7 Å². The molecular weight excluding hydrogens is 665 g/mol. The number of amides is 2. The number of ether oxygens (including phenoxy) is 2.